The molecule has 1 aliphatic carbocycles. The van der Waals surface area contributed by atoms with E-state index in [1.54, 1.807) is 10.7 Å². The summed E-state index contributed by atoms with van der Waals surface area (Å²) in [5, 5.41) is 10.3. The summed E-state index contributed by atoms with van der Waals surface area (Å²) in [6.07, 6.45) is 3.91. The van der Waals surface area contributed by atoms with Crippen LogP contribution in [0, 0.1) is 5.92 Å². The van der Waals surface area contributed by atoms with E-state index in [4.69, 9.17) is 22.1 Å². The number of sulfone groups is 1. The van der Waals surface area contributed by atoms with E-state index in [0.717, 1.165) is 0 Å². The molecule has 0 unspecified atom stereocenters. The summed E-state index contributed by atoms with van der Waals surface area (Å²) in [6, 6.07) is 1.23. The molecule has 1 fully saturated rings. The van der Waals surface area contributed by atoms with Gasteiger partial charge in [-0.2, -0.15) is 5.10 Å². The molecule has 1 aliphatic rings. The molecule has 14 heteroatoms. The number of pyridine rings is 1. The molecule has 2 aromatic heterocycles. The predicted octanol–water partition coefficient (Wildman–Crippen LogP) is 3.36. The highest BCUT2D eigenvalue weighted by molar-refractivity contribution is 7.90. The highest BCUT2D eigenvalue weighted by Gasteiger charge is 2.45. The lowest BCUT2D eigenvalue weighted by atomic mass is 9.88. The molecule has 1 amide bonds. The minimum Gasteiger partial charge on any atom is -0.496 e. The zero-order valence-electron chi connectivity index (χ0n) is 21.8. The molecule has 2 aromatic rings. The zero-order valence-corrected chi connectivity index (χ0v) is 23.3. The first-order valence-corrected chi connectivity index (χ1v) is 14.9. The molecule has 4 N–H and O–H groups in total. The number of nitrogens with one attached hydrogen (secondary N) is 2. The second kappa shape index (κ2) is 12.6. The third-order valence-corrected chi connectivity index (χ3v) is 7.83. The van der Waals surface area contributed by atoms with Crippen LogP contribution in [0.4, 0.5) is 14.6 Å². The Balaban J connectivity index is 1.75. The Hall–Kier alpha value is -2.51. The van der Waals surface area contributed by atoms with Crippen molar-refractivity contribution >= 4 is 33.2 Å². The molecule has 0 radical (unpaired) electrons. The number of methoxy groups -OCH3 is 1. The number of carbonyl (C=O) groups is 1. The molecule has 0 saturated heterocycles. The van der Waals surface area contributed by atoms with Crippen LogP contribution in [0.2, 0.25) is 5.02 Å². The van der Waals surface area contributed by atoms with Crippen molar-refractivity contribution in [3.05, 3.63) is 23.0 Å². The van der Waals surface area contributed by atoms with Gasteiger partial charge in [-0.1, -0.05) is 11.6 Å². The van der Waals surface area contributed by atoms with E-state index in [9.17, 15) is 22.0 Å². The highest BCUT2D eigenvalue weighted by atomic mass is 35.5. The third kappa shape index (κ3) is 7.76. The van der Waals surface area contributed by atoms with Crippen molar-refractivity contribution in [2.45, 2.75) is 57.5 Å². The van der Waals surface area contributed by atoms with E-state index in [1.165, 1.54) is 19.6 Å². The van der Waals surface area contributed by atoms with Crippen molar-refractivity contribution in [3.8, 4) is 17.0 Å². The Morgan fingerprint density at radius 3 is 2.66 bits per heavy atom. The van der Waals surface area contributed by atoms with Crippen molar-refractivity contribution in [1.82, 2.24) is 20.1 Å². The number of nitrogens with zero attached hydrogens (tertiary/aromatic N) is 3. The molecule has 2 heterocycles. The van der Waals surface area contributed by atoms with E-state index < -0.39 is 21.7 Å². The topological polar surface area (TPSA) is 141 Å². The van der Waals surface area contributed by atoms with Crippen LogP contribution in [0.15, 0.2) is 12.3 Å². The van der Waals surface area contributed by atoms with Gasteiger partial charge in [0.1, 0.15) is 21.4 Å². The number of carbonyl (C=O) groups excluding carboxylic acids is 1. The summed E-state index contributed by atoms with van der Waals surface area (Å²) >= 11 is 6.65. The minimum absolute atomic E-state index is 0.0113. The van der Waals surface area contributed by atoms with Gasteiger partial charge in [0, 0.05) is 56.2 Å². The summed E-state index contributed by atoms with van der Waals surface area (Å²) in [4.78, 5) is 17.4. The Morgan fingerprint density at radius 2 is 2.08 bits per heavy atom. The van der Waals surface area contributed by atoms with E-state index in [0.29, 0.717) is 61.7 Å². The fourth-order valence-corrected chi connectivity index (χ4v) is 5.46. The Kier molecular flexibility index (Phi) is 9.93. The average Bonchev–Trinajstić information content (AvgIpc) is 3.16. The lowest BCUT2D eigenvalue weighted by Gasteiger charge is -2.35. The number of anilines is 1. The van der Waals surface area contributed by atoms with Crippen molar-refractivity contribution in [1.29, 1.82) is 0 Å². The van der Waals surface area contributed by atoms with Crippen LogP contribution in [-0.4, -0.2) is 73.3 Å². The molecule has 1 saturated carbocycles. The van der Waals surface area contributed by atoms with Crippen LogP contribution in [0.25, 0.3) is 11.3 Å². The van der Waals surface area contributed by atoms with Crippen LogP contribution in [0.3, 0.4) is 0 Å². The Labute approximate surface area is 226 Å². The largest absolute Gasteiger partial charge is 0.496 e. The number of ether oxygens (including phenoxy) is 1. The second-order valence-electron chi connectivity index (χ2n) is 9.63. The summed E-state index contributed by atoms with van der Waals surface area (Å²) in [6.45, 7) is 2.97. The number of amides is 1. The maximum Gasteiger partial charge on any atom is 0.273 e. The molecule has 38 heavy (non-hydrogen) atoms. The predicted molar refractivity (Wildman–Crippen MR) is 143 cm³/mol. The Bertz CT molecular complexity index is 1230. The van der Waals surface area contributed by atoms with Crippen molar-refractivity contribution in [2.75, 3.05) is 37.5 Å². The third-order valence-electron chi connectivity index (χ3n) is 6.45. The van der Waals surface area contributed by atoms with Crippen LogP contribution in [-0.2, 0) is 16.4 Å². The average molecular weight is 577 g/mol. The van der Waals surface area contributed by atoms with Gasteiger partial charge in [0.05, 0.1) is 23.4 Å². The standard InChI is InChI=1S/C24H35ClF2N6O4S/c1-4-33-22(17-14-29-19(10-18(17)37-2)31-16-11-24(26,27)12-16)20(25)21(32-33)23(34)30-13-15(7-8-28)6-5-9-38(3,35)36/h10,14-16H,4-9,11-13,28H2,1-3H3,(H,29,31)(H,30,34)/t15-/m1/s1. The summed E-state index contributed by atoms with van der Waals surface area (Å²) in [5.74, 6) is -2.24. The van der Waals surface area contributed by atoms with E-state index in [-0.39, 0.29) is 41.3 Å². The maximum absolute atomic E-state index is 13.2. The first-order valence-electron chi connectivity index (χ1n) is 12.5. The molecular formula is C24H35ClF2N6O4S. The molecule has 10 nitrogen and oxygen atoms in total. The van der Waals surface area contributed by atoms with Crippen LogP contribution in [0.1, 0.15) is 49.5 Å². The lowest BCUT2D eigenvalue weighted by molar-refractivity contribution is -0.0794. The number of rotatable bonds is 14. The summed E-state index contributed by atoms with van der Waals surface area (Å²) in [5.41, 5.74) is 6.67. The second-order valence-corrected chi connectivity index (χ2v) is 12.3. The van der Waals surface area contributed by atoms with Crippen LogP contribution in [0.5, 0.6) is 5.75 Å². The van der Waals surface area contributed by atoms with Gasteiger partial charge in [-0.05, 0) is 38.6 Å². The number of aryl methyl sites for hydroxylation is 1. The number of hydrogen-bond donors (Lipinski definition) is 3. The molecule has 3 rings (SSSR count). The van der Waals surface area contributed by atoms with Gasteiger partial charge in [-0.3, -0.25) is 9.48 Å². The summed E-state index contributed by atoms with van der Waals surface area (Å²) < 4.78 is 56.3. The van der Waals surface area contributed by atoms with Gasteiger partial charge >= 0.3 is 0 Å². The monoisotopic (exact) mass is 576 g/mol. The van der Waals surface area contributed by atoms with Crippen LogP contribution < -0.4 is 21.1 Å². The number of alkyl halides is 2. The van der Waals surface area contributed by atoms with E-state index in [2.05, 4.69) is 20.7 Å². The van der Waals surface area contributed by atoms with E-state index in [1.807, 2.05) is 6.92 Å². The van der Waals surface area contributed by atoms with Crippen LogP contribution >= 0.6 is 11.6 Å². The molecule has 1 atom stereocenters. The number of aromatic nitrogens is 3. The SMILES string of the molecule is CCn1nc(C(=O)NC[C@@H](CCN)CCCS(C)(=O)=O)c(Cl)c1-c1cnc(NC2CC(F)(F)C2)cc1OC. The minimum atomic E-state index is -3.06. The Morgan fingerprint density at radius 1 is 1.37 bits per heavy atom. The molecule has 212 valence electrons. The maximum atomic E-state index is 13.2. The highest BCUT2D eigenvalue weighted by Crippen LogP contribution is 2.41. The number of hydrogen-bond acceptors (Lipinski definition) is 8. The summed E-state index contributed by atoms with van der Waals surface area (Å²) in [7, 11) is -1.59. The van der Waals surface area contributed by atoms with Gasteiger partial charge in [-0.15, -0.1) is 0 Å². The van der Waals surface area contributed by atoms with Gasteiger partial charge < -0.3 is 21.1 Å². The van der Waals surface area contributed by atoms with Crippen molar-refractivity contribution in [3.63, 3.8) is 0 Å². The molecular weight excluding hydrogens is 542 g/mol. The van der Waals surface area contributed by atoms with Gasteiger partial charge in [0.25, 0.3) is 11.8 Å². The van der Waals surface area contributed by atoms with Gasteiger partial charge in [0.2, 0.25) is 0 Å². The van der Waals surface area contributed by atoms with Crippen molar-refractivity contribution in [2.24, 2.45) is 11.7 Å². The zero-order chi connectivity index (χ0) is 28.1. The van der Waals surface area contributed by atoms with E-state index >= 15 is 0 Å². The first-order chi connectivity index (χ1) is 17.9. The quantitative estimate of drug-likeness (QED) is 0.311. The van der Waals surface area contributed by atoms with Crippen molar-refractivity contribution < 1.29 is 26.7 Å². The van der Waals surface area contributed by atoms with Gasteiger partial charge in [0.15, 0.2) is 5.69 Å². The molecule has 0 bridgehead atoms. The molecule has 0 spiro atoms. The smallest absolute Gasteiger partial charge is 0.273 e. The fraction of sp³-hybridized carbons (Fsp3) is 0.625. The fourth-order valence-electron chi connectivity index (χ4n) is 4.45. The number of halogens is 3. The normalized spacial score (nSPS) is 16.1. The first kappa shape index (κ1) is 30.0. The number of nitrogens with two attached hydrogens (primary N) is 1. The van der Waals surface area contributed by atoms with Gasteiger partial charge in [-0.25, -0.2) is 22.2 Å². The lowest BCUT2D eigenvalue weighted by Crippen LogP contribution is -2.44. The molecule has 0 aromatic carbocycles. The molecule has 0 aliphatic heterocycles.